The predicted molar refractivity (Wildman–Crippen MR) is 137 cm³/mol. The molecule has 0 bridgehead atoms. The van der Waals surface area contributed by atoms with Crippen LogP contribution in [0.5, 0.6) is 11.5 Å². The fourth-order valence-electron chi connectivity index (χ4n) is 4.03. The van der Waals surface area contributed by atoms with Crippen LogP contribution in [0.4, 0.5) is 4.39 Å². The van der Waals surface area contributed by atoms with Crippen LogP contribution >= 0.6 is 0 Å². The summed E-state index contributed by atoms with van der Waals surface area (Å²) in [6.45, 7) is 4.61. The van der Waals surface area contributed by atoms with Crippen LogP contribution in [-0.2, 0) is 32.6 Å². The number of sulfonamides is 1. The van der Waals surface area contributed by atoms with Crippen molar-refractivity contribution in [3.63, 3.8) is 0 Å². The first kappa shape index (κ1) is 27.6. The van der Waals surface area contributed by atoms with Gasteiger partial charge in [-0.2, -0.15) is 4.31 Å². The van der Waals surface area contributed by atoms with Crippen LogP contribution in [-0.4, -0.2) is 56.6 Å². The summed E-state index contributed by atoms with van der Waals surface area (Å²) in [4.78, 5) is 15.1. The lowest BCUT2D eigenvalue weighted by molar-refractivity contribution is -0.133. The van der Waals surface area contributed by atoms with Crippen molar-refractivity contribution in [1.29, 1.82) is 0 Å². The Morgan fingerprint density at radius 3 is 2.50 bits per heavy atom. The SMILES string of the molecule is CCOCCCN(CC(=O)N(Cc1ccc2c(c1)OCO2)Cc1ccc(C)o1)S(=O)(=O)c1ccc(F)cc1. The van der Waals surface area contributed by atoms with Gasteiger partial charge in [-0.25, -0.2) is 12.8 Å². The molecule has 0 fully saturated rings. The molecule has 1 aromatic heterocycles. The van der Waals surface area contributed by atoms with Crippen LogP contribution < -0.4 is 9.47 Å². The van der Waals surface area contributed by atoms with Crippen LogP contribution in [0.2, 0.25) is 0 Å². The van der Waals surface area contributed by atoms with E-state index in [2.05, 4.69) is 0 Å². The summed E-state index contributed by atoms with van der Waals surface area (Å²) in [5.41, 5.74) is 0.787. The Morgan fingerprint density at radius 2 is 1.79 bits per heavy atom. The van der Waals surface area contributed by atoms with Crippen molar-refractivity contribution in [2.45, 2.75) is 38.3 Å². The summed E-state index contributed by atoms with van der Waals surface area (Å²) >= 11 is 0. The van der Waals surface area contributed by atoms with Crippen molar-refractivity contribution < 1.29 is 36.2 Å². The summed E-state index contributed by atoms with van der Waals surface area (Å²) < 4.78 is 63.4. The van der Waals surface area contributed by atoms with Crippen molar-refractivity contribution in [3.8, 4) is 11.5 Å². The standard InChI is InChI=1S/C27H31FN2O7S/c1-3-34-14-4-13-30(38(32,33)24-10-7-22(28)8-11-24)18-27(31)29(17-23-9-5-20(2)37-23)16-21-6-12-25-26(15-21)36-19-35-25/h5-12,15H,3-4,13-14,16-19H2,1-2H3. The molecule has 0 saturated carbocycles. The highest BCUT2D eigenvalue weighted by Crippen LogP contribution is 2.33. The first-order valence-corrected chi connectivity index (χ1v) is 13.8. The van der Waals surface area contributed by atoms with Crippen molar-refractivity contribution in [2.75, 3.05) is 33.1 Å². The molecule has 4 rings (SSSR count). The van der Waals surface area contributed by atoms with Gasteiger partial charge in [0.15, 0.2) is 11.5 Å². The molecule has 0 saturated heterocycles. The number of ether oxygens (including phenoxy) is 3. The number of rotatable bonds is 13. The second-order valence-electron chi connectivity index (χ2n) is 8.79. The summed E-state index contributed by atoms with van der Waals surface area (Å²) in [6.07, 6.45) is 0.390. The Hall–Kier alpha value is -3.41. The average molecular weight is 547 g/mol. The number of nitrogens with zero attached hydrogens (tertiary/aromatic N) is 2. The lowest BCUT2D eigenvalue weighted by atomic mass is 10.2. The van der Waals surface area contributed by atoms with Crippen molar-refractivity contribution in [1.82, 2.24) is 9.21 Å². The maximum Gasteiger partial charge on any atom is 0.243 e. The van der Waals surface area contributed by atoms with Gasteiger partial charge in [-0.15, -0.1) is 0 Å². The first-order chi connectivity index (χ1) is 18.3. The highest BCUT2D eigenvalue weighted by Gasteiger charge is 2.29. The van der Waals surface area contributed by atoms with E-state index >= 15 is 0 Å². The number of fused-ring (bicyclic) bond motifs is 1. The van der Waals surface area contributed by atoms with E-state index in [0.717, 1.165) is 22.0 Å². The molecular weight excluding hydrogens is 515 g/mol. The highest BCUT2D eigenvalue weighted by molar-refractivity contribution is 7.89. The van der Waals surface area contributed by atoms with E-state index in [1.165, 1.54) is 17.0 Å². The fourth-order valence-corrected chi connectivity index (χ4v) is 5.46. The average Bonchev–Trinajstić information content (AvgIpc) is 3.53. The quantitative estimate of drug-likeness (QED) is 0.298. The Morgan fingerprint density at radius 1 is 1.03 bits per heavy atom. The molecule has 0 aliphatic carbocycles. The monoisotopic (exact) mass is 546 g/mol. The zero-order chi connectivity index (χ0) is 27.1. The largest absolute Gasteiger partial charge is 0.464 e. The normalized spacial score (nSPS) is 12.7. The number of halogens is 1. The zero-order valence-electron chi connectivity index (χ0n) is 21.4. The Bertz CT molecular complexity index is 1340. The highest BCUT2D eigenvalue weighted by atomic mass is 32.2. The van der Waals surface area contributed by atoms with E-state index in [0.29, 0.717) is 42.7 Å². The first-order valence-electron chi connectivity index (χ1n) is 12.3. The molecule has 0 radical (unpaired) electrons. The van der Waals surface area contributed by atoms with E-state index in [1.807, 2.05) is 19.9 Å². The molecule has 2 aromatic carbocycles. The minimum Gasteiger partial charge on any atom is -0.464 e. The smallest absolute Gasteiger partial charge is 0.243 e. The van der Waals surface area contributed by atoms with Crippen LogP contribution in [0, 0.1) is 12.7 Å². The Balaban J connectivity index is 1.58. The lowest BCUT2D eigenvalue weighted by Gasteiger charge is -2.27. The van der Waals surface area contributed by atoms with Crippen molar-refractivity contribution in [2.24, 2.45) is 0 Å². The van der Waals surface area contributed by atoms with Gasteiger partial charge in [-0.3, -0.25) is 4.79 Å². The molecule has 204 valence electrons. The molecule has 1 amide bonds. The number of hydrogen-bond donors (Lipinski definition) is 0. The van der Waals surface area contributed by atoms with E-state index in [9.17, 15) is 17.6 Å². The van der Waals surface area contributed by atoms with Crippen molar-refractivity contribution >= 4 is 15.9 Å². The minimum absolute atomic E-state index is 0.0587. The van der Waals surface area contributed by atoms with Gasteiger partial charge in [0.2, 0.25) is 22.7 Å². The number of furan rings is 1. The number of amides is 1. The number of carbonyl (C=O) groups excluding carboxylic acids is 1. The molecule has 1 aliphatic rings. The molecule has 9 nitrogen and oxygen atoms in total. The molecule has 0 unspecified atom stereocenters. The molecule has 11 heteroatoms. The van der Waals surface area contributed by atoms with Crippen LogP contribution in [0.3, 0.4) is 0 Å². The van der Waals surface area contributed by atoms with Gasteiger partial charge in [0.25, 0.3) is 0 Å². The summed E-state index contributed by atoms with van der Waals surface area (Å²) in [5, 5.41) is 0. The van der Waals surface area contributed by atoms with Crippen molar-refractivity contribution in [3.05, 3.63) is 77.5 Å². The van der Waals surface area contributed by atoms with Crippen LogP contribution in [0.25, 0.3) is 0 Å². The summed E-state index contributed by atoms with van der Waals surface area (Å²) in [7, 11) is -4.08. The van der Waals surface area contributed by atoms with E-state index < -0.39 is 28.3 Å². The molecule has 2 heterocycles. The van der Waals surface area contributed by atoms with Gasteiger partial charge in [0.05, 0.1) is 18.0 Å². The number of benzene rings is 2. The third kappa shape index (κ3) is 6.91. The third-order valence-corrected chi connectivity index (χ3v) is 7.83. The van der Waals surface area contributed by atoms with E-state index in [4.69, 9.17) is 18.6 Å². The second-order valence-corrected chi connectivity index (χ2v) is 10.7. The summed E-state index contributed by atoms with van der Waals surface area (Å²) in [5.74, 6) is 1.51. The number of carbonyl (C=O) groups is 1. The van der Waals surface area contributed by atoms with Gasteiger partial charge in [-0.1, -0.05) is 6.07 Å². The predicted octanol–water partition coefficient (Wildman–Crippen LogP) is 4.10. The molecule has 0 N–H and O–H groups in total. The Labute approximate surface area is 221 Å². The zero-order valence-corrected chi connectivity index (χ0v) is 22.2. The second kappa shape index (κ2) is 12.4. The molecule has 0 atom stereocenters. The maximum absolute atomic E-state index is 13.7. The van der Waals surface area contributed by atoms with Gasteiger partial charge >= 0.3 is 0 Å². The molecule has 38 heavy (non-hydrogen) atoms. The van der Waals surface area contributed by atoms with Gasteiger partial charge in [0.1, 0.15) is 17.3 Å². The van der Waals surface area contributed by atoms with Gasteiger partial charge in [0, 0.05) is 26.3 Å². The van der Waals surface area contributed by atoms with Crippen LogP contribution in [0.15, 0.2) is 63.9 Å². The topological polar surface area (TPSA) is 98.5 Å². The Kier molecular flexibility index (Phi) is 9.03. The molecule has 1 aliphatic heterocycles. The maximum atomic E-state index is 13.7. The third-order valence-electron chi connectivity index (χ3n) is 5.97. The summed E-state index contributed by atoms with van der Waals surface area (Å²) in [6, 6.07) is 13.5. The van der Waals surface area contributed by atoms with Gasteiger partial charge in [-0.05, 0) is 74.4 Å². The molecule has 3 aromatic rings. The van der Waals surface area contributed by atoms with E-state index in [1.54, 1.807) is 24.3 Å². The number of hydrogen-bond acceptors (Lipinski definition) is 7. The molecule has 0 spiro atoms. The minimum atomic E-state index is -4.08. The van der Waals surface area contributed by atoms with E-state index in [-0.39, 0.29) is 31.3 Å². The fraction of sp³-hybridized carbons (Fsp3) is 0.370. The van der Waals surface area contributed by atoms with Crippen LogP contribution in [0.1, 0.15) is 30.4 Å². The van der Waals surface area contributed by atoms with Gasteiger partial charge < -0.3 is 23.5 Å². The lowest BCUT2D eigenvalue weighted by Crippen LogP contribution is -2.43. The number of aryl methyl sites for hydroxylation is 1. The molecular formula is C27H31FN2O7S.